The number of ether oxygens (including phenoxy) is 1. The highest BCUT2D eigenvalue weighted by Crippen LogP contribution is 2.15. The van der Waals surface area contributed by atoms with Crippen LogP contribution in [0, 0.1) is 5.82 Å². The van der Waals surface area contributed by atoms with Gasteiger partial charge in [-0.1, -0.05) is 24.8 Å². The van der Waals surface area contributed by atoms with Gasteiger partial charge in [-0.3, -0.25) is 0 Å². The van der Waals surface area contributed by atoms with E-state index in [4.69, 9.17) is 16.3 Å². The summed E-state index contributed by atoms with van der Waals surface area (Å²) in [5, 5.41) is 0.129. The summed E-state index contributed by atoms with van der Waals surface area (Å²) >= 11 is 5.48. The average Bonchev–Trinajstić information content (AvgIpc) is 2.16. The maximum Gasteiger partial charge on any atom is 0.192 e. The molecule has 1 rings (SSSR count). The van der Waals surface area contributed by atoms with E-state index in [9.17, 15) is 4.39 Å². The molecule has 1 aromatic carbocycles. The van der Waals surface area contributed by atoms with E-state index >= 15 is 0 Å². The Morgan fingerprint density at radius 2 is 1.88 bits per heavy atom. The van der Waals surface area contributed by atoms with E-state index in [2.05, 4.69) is 18.2 Å². The van der Waals surface area contributed by atoms with Crippen molar-refractivity contribution in [3.63, 3.8) is 0 Å². The molecule has 0 spiro atoms. The Morgan fingerprint density at radius 3 is 2.38 bits per heavy atom. The van der Waals surface area contributed by atoms with Crippen LogP contribution < -0.4 is 0 Å². The number of hydrogen-bond acceptors (Lipinski definition) is 2. The molecule has 0 amide bonds. The van der Waals surface area contributed by atoms with Gasteiger partial charge in [-0.25, -0.2) is 9.38 Å². The van der Waals surface area contributed by atoms with Crippen LogP contribution >= 0.6 is 11.6 Å². The van der Waals surface area contributed by atoms with E-state index < -0.39 is 0 Å². The Morgan fingerprint density at radius 1 is 1.31 bits per heavy atom. The van der Waals surface area contributed by atoms with E-state index in [1.54, 1.807) is 19.1 Å². The smallest absolute Gasteiger partial charge is 0.192 e. The van der Waals surface area contributed by atoms with Crippen LogP contribution in [0.1, 0.15) is 12.5 Å². The van der Waals surface area contributed by atoms with Gasteiger partial charge in [0.05, 0.1) is 0 Å². The van der Waals surface area contributed by atoms with E-state index in [0.29, 0.717) is 17.2 Å². The summed E-state index contributed by atoms with van der Waals surface area (Å²) in [7, 11) is 0. The third-order valence-corrected chi connectivity index (χ3v) is 1.80. The Bertz CT molecular complexity index is 437. The quantitative estimate of drug-likeness (QED) is 0.339. The van der Waals surface area contributed by atoms with E-state index in [1.165, 1.54) is 12.1 Å². The minimum absolute atomic E-state index is 0.129. The second kappa shape index (κ2) is 5.47. The molecule has 84 valence electrons. The highest BCUT2D eigenvalue weighted by molar-refractivity contribution is 6.29. The first-order valence-electron chi connectivity index (χ1n) is 4.51. The van der Waals surface area contributed by atoms with Crippen molar-refractivity contribution in [1.82, 2.24) is 0 Å². The fraction of sp³-hybridized carbons (Fsp3) is 0.0833. The Labute approximate surface area is 98.7 Å². The van der Waals surface area contributed by atoms with Gasteiger partial charge in [-0.05, 0) is 24.3 Å². The van der Waals surface area contributed by atoms with Crippen LogP contribution in [0.4, 0.5) is 4.39 Å². The molecule has 0 radical (unpaired) electrons. The number of hydrogen-bond donors (Lipinski definition) is 0. The van der Waals surface area contributed by atoms with Crippen molar-refractivity contribution in [3.05, 3.63) is 54.0 Å². The van der Waals surface area contributed by atoms with Gasteiger partial charge in [-0.2, -0.15) is 0 Å². The highest BCUT2D eigenvalue weighted by Gasteiger charge is 2.02. The first-order valence-corrected chi connectivity index (χ1v) is 4.89. The highest BCUT2D eigenvalue weighted by atomic mass is 35.5. The second-order valence-electron chi connectivity index (χ2n) is 3.04. The molecule has 0 saturated carbocycles. The third-order valence-electron chi connectivity index (χ3n) is 1.72. The molecule has 1 aromatic rings. The van der Waals surface area contributed by atoms with Crippen molar-refractivity contribution in [2.75, 3.05) is 0 Å². The molecule has 0 N–H and O–H groups in total. The lowest BCUT2D eigenvalue weighted by Crippen LogP contribution is -1.98. The van der Waals surface area contributed by atoms with E-state index in [1.807, 2.05) is 0 Å². The molecule has 0 atom stereocenters. The minimum Gasteiger partial charge on any atom is -0.443 e. The van der Waals surface area contributed by atoms with Crippen LogP contribution in [0.3, 0.4) is 0 Å². The summed E-state index contributed by atoms with van der Waals surface area (Å²) in [6.07, 6.45) is 0. The van der Waals surface area contributed by atoms with Crippen LogP contribution in [0.2, 0.25) is 0 Å². The lowest BCUT2D eigenvalue weighted by molar-refractivity contribution is 0.504. The summed E-state index contributed by atoms with van der Waals surface area (Å²) < 4.78 is 17.9. The molecule has 4 heteroatoms. The van der Waals surface area contributed by atoms with Crippen LogP contribution in [0.25, 0.3) is 5.76 Å². The zero-order chi connectivity index (χ0) is 12.1. The number of nitrogens with zero attached hydrogens (tertiary/aromatic N) is 1. The number of halogens is 2. The molecule has 2 nitrogen and oxygen atoms in total. The van der Waals surface area contributed by atoms with Gasteiger partial charge in [0, 0.05) is 12.5 Å². The Balaban J connectivity index is 2.73. The molecule has 0 aliphatic carbocycles. The van der Waals surface area contributed by atoms with Crippen molar-refractivity contribution in [2.45, 2.75) is 6.92 Å². The van der Waals surface area contributed by atoms with Crippen LogP contribution in [-0.2, 0) is 4.74 Å². The summed E-state index contributed by atoms with van der Waals surface area (Å²) in [5.74, 6) is 0.393. The lowest BCUT2D eigenvalue weighted by atomic mass is 10.2. The summed E-state index contributed by atoms with van der Waals surface area (Å²) in [5.41, 5.74) is 0.677. The fourth-order valence-corrected chi connectivity index (χ4v) is 1.19. The van der Waals surface area contributed by atoms with Crippen LogP contribution in [0.5, 0.6) is 0 Å². The van der Waals surface area contributed by atoms with Gasteiger partial charge in [0.15, 0.2) is 5.90 Å². The maximum absolute atomic E-state index is 12.7. The van der Waals surface area contributed by atoms with Crippen molar-refractivity contribution in [2.24, 2.45) is 4.99 Å². The number of benzene rings is 1. The maximum atomic E-state index is 12.7. The van der Waals surface area contributed by atoms with Crippen LogP contribution in [0.15, 0.2) is 47.6 Å². The molecule has 0 saturated heterocycles. The van der Waals surface area contributed by atoms with Gasteiger partial charge in [0.2, 0.25) is 0 Å². The van der Waals surface area contributed by atoms with Gasteiger partial charge in [0.1, 0.15) is 16.7 Å². The standard InChI is InChI=1S/C12H11ClFNO/c1-8(16-10(3)15-9(2)13)11-4-6-12(14)7-5-11/h4-7H,1-2H2,3H3/b15-10+. The summed E-state index contributed by atoms with van der Waals surface area (Å²) in [6.45, 7) is 8.74. The van der Waals surface area contributed by atoms with E-state index in [-0.39, 0.29) is 11.0 Å². The van der Waals surface area contributed by atoms with E-state index in [0.717, 1.165) is 0 Å². The fourth-order valence-electron chi connectivity index (χ4n) is 1.07. The first kappa shape index (κ1) is 12.5. The van der Waals surface area contributed by atoms with Crippen molar-refractivity contribution >= 4 is 23.3 Å². The molecular formula is C12H11ClFNO. The minimum atomic E-state index is -0.309. The average molecular weight is 240 g/mol. The number of aliphatic imine (C=N–C) groups is 1. The molecular weight excluding hydrogens is 229 g/mol. The molecule has 0 bridgehead atoms. The largest absolute Gasteiger partial charge is 0.443 e. The molecule has 0 unspecified atom stereocenters. The van der Waals surface area contributed by atoms with Gasteiger partial charge < -0.3 is 4.74 Å². The van der Waals surface area contributed by atoms with Gasteiger partial charge in [0.25, 0.3) is 0 Å². The van der Waals surface area contributed by atoms with Crippen molar-refractivity contribution < 1.29 is 9.13 Å². The van der Waals surface area contributed by atoms with Gasteiger partial charge in [-0.15, -0.1) is 0 Å². The normalized spacial score (nSPS) is 11.1. The monoisotopic (exact) mass is 239 g/mol. The van der Waals surface area contributed by atoms with Gasteiger partial charge >= 0.3 is 0 Å². The molecule has 0 fully saturated rings. The predicted molar refractivity (Wildman–Crippen MR) is 64.6 cm³/mol. The summed E-state index contributed by atoms with van der Waals surface area (Å²) in [6, 6.07) is 5.80. The molecule has 0 aromatic heterocycles. The number of rotatable bonds is 3. The van der Waals surface area contributed by atoms with Crippen LogP contribution in [-0.4, -0.2) is 5.90 Å². The first-order chi connectivity index (χ1) is 7.49. The summed E-state index contributed by atoms with van der Waals surface area (Å²) in [4.78, 5) is 3.79. The lowest BCUT2D eigenvalue weighted by Gasteiger charge is -2.07. The Kier molecular flexibility index (Phi) is 4.26. The molecule has 16 heavy (non-hydrogen) atoms. The molecule has 0 aliphatic heterocycles. The predicted octanol–water partition coefficient (Wildman–Crippen LogP) is 3.94. The topological polar surface area (TPSA) is 21.6 Å². The zero-order valence-electron chi connectivity index (χ0n) is 8.84. The van der Waals surface area contributed by atoms with Crippen molar-refractivity contribution in [1.29, 1.82) is 0 Å². The van der Waals surface area contributed by atoms with Crippen molar-refractivity contribution in [3.8, 4) is 0 Å². The molecule has 0 aliphatic rings. The SMILES string of the molecule is C=C(Cl)/N=C(\C)OC(=C)c1ccc(F)cc1. The molecule has 0 heterocycles. The third kappa shape index (κ3) is 3.87. The Hall–Kier alpha value is -1.61. The second-order valence-corrected chi connectivity index (χ2v) is 3.48. The zero-order valence-corrected chi connectivity index (χ0v) is 9.59.